The summed E-state index contributed by atoms with van der Waals surface area (Å²) in [7, 11) is 0. The van der Waals surface area contributed by atoms with E-state index in [2.05, 4.69) is 0 Å². The first kappa shape index (κ1) is 11.4. The Morgan fingerprint density at radius 2 is 2.12 bits per heavy atom. The molecule has 6 nitrogen and oxygen atoms in total. The van der Waals surface area contributed by atoms with E-state index in [4.69, 9.17) is 10.4 Å². The maximum Gasteiger partial charge on any atom is 0.346 e. The molecule has 0 aromatic heterocycles. The number of carbonyl (C=O) groups is 1. The van der Waals surface area contributed by atoms with Gasteiger partial charge in [-0.05, 0) is 12.1 Å². The van der Waals surface area contributed by atoms with E-state index in [1.54, 1.807) is 0 Å². The highest BCUT2D eigenvalue weighted by Gasteiger charge is 2.13. The molecule has 1 rings (SSSR count). The van der Waals surface area contributed by atoms with Crippen molar-refractivity contribution in [2.75, 3.05) is 0 Å². The third-order valence-electron chi connectivity index (χ3n) is 1.78. The minimum absolute atomic E-state index is 0.0893. The number of carboxylic acid groups (broad SMARTS) is 1. The van der Waals surface area contributed by atoms with Crippen LogP contribution in [0.4, 0.5) is 5.69 Å². The van der Waals surface area contributed by atoms with Gasteiger partial charge in [-0.15, -0.1) is 0 Å². The molecular weight excluding hydrogens is 212 g/mol. The number of hydrogen-bond acceptors (Lipinski definition) is 4. The van der Waals surface area contributed by atoms with Crippen molar-refractivity contribution in [3.05, 3.63) is 45.5 Å². The smallest absolute Gasteiger partial charge is 0.346 e. The van der Waals surface area contributed by atoms with Gasteiger partial charge in [0.1, 0.15) is 11.6 Å². The zero-order chi connectivity index (χ0) is 12.1. The van der Waals surface area contributed by atoms with Gasteiger partial charge in [0.05, 0.1) is 10.5 Å². The number of para-hydroxylation sites is 1. The van der Waals surface area contributed by atoms with Gasteiger partial charge in [0.2, 0.25) is 0 Å². The van der Waals surface area contributed by atoms with Crippen molar-refractivity contribution in [2.45, 2.75) is 0 Å². The Morgan fingerprint density at radius 3 is 2.62 bits per heavy atom. The predicted octanol–water partition coefficient (Wildman–Crippen LogP) is 1.59. The number of carboxylic acids is 1. The number of rotatable bonds is 3. The summed E-state index contributed by atoms with van der Waals surface area (Å²) < 4.78 is 0. The van der Waals surface area contributed by atoms with Crippen LogP contribution >= 0.6 is 0 Å². The van der Waals surface area contributed by atoms with E-state index in [0.29, 0.717) is 0 Å². The first-order valence-electron chi connectivity index (χ1n) is 4.14. The quantitative estimate of drug-likeness (QED) is 0.359. The third-order valence-corrected chi connectivity index (χ3v) is 1.78. The molecule has 0 bridgehead atoms. The molecule has 0 fully saturated rings. The van der Waals surface area contributed by atoms with Gasteiger partial charge in [0.25, 0.3) is 5.69 Å². The van der Waals surface area contributed by atoms with Crippen LogP contribution in [0, 0.1) is 21.4 Å². The fourth-order valence-corrected chi connectivity index (χ4v) is 1.07. The van der Waals surface area contributed by atoms with Crippen molar-refractivity contribution in [1.29, 1.82) is 5.26 Å². The summed E-state index contributed by atoms with van der Waals surface area (Å²) >= 11 is 0. The molecule has 0 heterocycles. The Labute approximate surface area is 90.2 Å². The Kier molecular flexibility index (Phi) is 3.35. The molecule has 0 unspecified atom stereocenters. The average Bonchev–Trinajstić information content (AvgIpc) is 2.25. The molecule has 1 aromatic carbocycles. The number of nitriles is 1. The lowest BCUT2D eigenvalue weighted by atomic mass is 10.1. The van der Waals surface area contributed by atoms with Gasteiger partial charge in [-0.3, -0.25) is 10.1 Å². The number of nitro benzene ring substituents is 1. The van der Waals surface area contributed by atoms with Gasteiger partial charge >= 0.3 is 5.97 Å². The summed E-state index contributed by atoms with van der Waals surface area (Å²) in [4.78, 5) is 20.5. The van der Waals surface area contributed by atoms with E-state index in [0.717, 1.165) is 6.08 Å². The number of hydrogen-bond donors (Lipinski definition) is 1. The Bertz CT molecular complexity index is 514. The monoisotopic (exact) mass is 218 g/mol. The summed E-state index contributed by atoms with van der Waals surface area (Å²) in [5.41, 5.74) is -0.697. The molecule has 0 amide bonds. The lowest BCUT2D eigenvalue weighted by Gasteiger charge is -1.96. The van der Waals surface area contributed by atoms with Crippen LogP contribution in [-0.4, -0.2) is 16.0 Å². The predicted molar refractivity (Wildman–Crippen MR) is 54.3 cm³/mol. The van der Waals surface area contributed by atoms with Gasteiger partial charge in [0, 0.05) is 6.07 Å². The highest BCUT2D eigenvalue weighted by molar-refractivity contribution is 5.97. The largest absolute Gasteiger partial charge is 0.477 e. The third kappa shape index (κ3) is 2.42. The standard InChI is InChI=1S/C10H6N2O4/c11-6-8(10(13)14)5-7-3-1-2-4-9(7)12(15)16/h1-5H,(H,13,14)/b8-5+. The van der Waals surface area contributed by atoms with Crippen molar-refractivity contribution in [1.82, 2.24) is 0 Å². The maximum absolute atomic E-state index is 10.6. The first-order valence-corrected chi connectivity index (χ1v) is 4.14. The van der Waals surface area contributed by atoms with Gasteiger partial charge in [-0.2, -0.15) is 5.26 Å². The second kappa shape index (κ2) is 4.70. The molecular formula is C10H6N2O4. The second-order valence-electron chi connectivity index (χ2n) is 2.79. The summed E-state index contributed by atoms with van der Waals surface area (Å²) in [6.07, 6.45) is 0.973. The van der Waals surface area contributed by atoms with Crippen LogP contribution in [-0.2, 0) is 4.79 Å². The van der Waals surface area contributed by atoms with E-state index in [1.807, 2.05) is 0 Å². The van der Waals surface area contributed by atoms with Crippen LogP contribution in [0.5, 0.6) is 0 Å². The Balaban J connectivity index is 3.30. The molecule has 80 valence electrons. The van der Waals surface area contributed by atoms with Crippen molar-refractivity contribution in [3.63, 3.8) is 0 Å². The van der Waals surface area contributed by atoms with Crippen molar-refractivity contribution < 1.29 is 14.8 Å². The zero-order valence-corrected chi connectivity index (χ0v) is 7.95. The molecule has 0 spiro atoms. The lowest BCUT2D eigenvalue weighted by Crippen LogP contribution is -1.98. The van der Waals surface area contributed by atoms with Crippen LogP contribution in [0.1, 0.15) is 5.56 Å². The summed E-state index contributed by atoms with van der Waals surface area (Å²) in [5.74, 6) is -1.42. The fourth-order valence-electron chi connectivity index (χ4n) is 1.07. The molecule has 16 heavy (non-hydrogen) atoms. The fraction of sp³-hybridized carbons (Fsp3) is 0. The minimum atomic E-state index is -1.42. The number of nitrogens with zero attached hydrogens (tertiary/aromatic N) is 2. The molecule has 1 aromatic rings. The summed E-state index contributed by atoms with van der Waals surface area (Å²) in [5, 5.41) is 27.7. The van der Waals surface area contributed by atoms with E-state index in [1.165, 1.54) is 30.3 Å². The van der Waals surface area contributed by atoms with Gasteiger partial charge < -0.3 is 5.11 Å². The van der Waals surface area contributed by atoms with Crippen LogP contribution in [0.2, 0.25) is 0 Å². The molecule has 6 heteroatoms. The van der Waals surface area contributed by atoms with E-state index in [-0.39, 0.29) is 11.3 Å². The first-order chi connectivity index (χ1) is 7.56. The molecule has 0 radical (unpaired) electrons. The molecule has 0 saturated carbocycles. The van der Waals surface area contributed by atoms with Crippen LogP contribution in [0.3, 0.4) is 0 Å². The Morgan fingerprint density at radius 1 is 1.50 bits per heavy atom. The zero-order valence-electron chi connectivity index (χ0n) is 7.95. The molecule has 0 saturated heterocycles. The number of nitro groups is 1. The van der Waals surface area contributed by atoms with Crippen molar-refractivity contribution in [3.8, 4) is 6.07 Å². The van der Waals surface area contributed by atoms with Gasteiger partial charge in [-0.25, -0.2) is 4.79 Å². The number of benzene rings is 1. The van der Waals surface area contributed by atoms with Gasteiger partial charge in [-0.1, -0.05) is 12.1 Å². The van der Waals surface area contributed by atoms with Gasteiger partial charge in [0.15, 0.2) is 0 Å². The van der Waals surface area contributed by atoms with Crippen LogP contribution in [0.15, 0.2) is 29.8 Å². The number of aliphatic carboxylic acids is 1. The van der Waals surface area contributed by atoms with E-state index >= 15 is 0 Å². The molecule has 0 aliphatic carbocycles. The van der Waals surface area contributed by atoms with Crippen molar-refractivity contribution in [2.24, 2.45) is 0 Å². The maximum atomic E-state index is 10.6. The molecule has 0 aliphatic rings. The highest BCUT2D eigenvalue weighted by atomic mass is 16.6. The molecule has 0 aliphatic heterocycles. The average molecular weight is 218 g/mol. The Hall–Kier alpha value is -2.68. The van der Waals surface area contributed by atoms with Crippen LogP contribution in [0.25, 0.3) is 6.08 Å². The topological polar surface area (TPSA) is 104 Å². The van der Waals surface area contributed by atoms with Crippen molar-refractivity contribution >= 4 is 17.7 Å². The van der Waals surface area contributed by atoms with E-state index in [9.17, 15) is 14.9 Å². The normalized spacial score (nSPS) is 10.6. The van der Waals surface area contributed by atoms with Crippen LogP contribution < -0.4 is 0 Å². The lowest BCUT2D eigenvalue weighted by molar-refractivity contribution is -0.385. The second-order valence-corrected chi connectivity index (χ2v) is 2.79. The summed E-state index contributed by atoms with van der Waals surface area (Å²) in [6.45, 7) is 0. The SMILES string of the molecule is N#C/C(=C\c1ccccc1[N+](=O)[O-])C(=O)O. The molecule has 1 N–H and O–H groups in total. The molecule has 0 atom stereocenters. The van der Waals surface area contributed by atoms with E-state index < -0.39 is 16.5 Å². The highest BCUT2D eigenvalue weighted by Crippen LogP contribution is 2.20. The minimum Gasteiger partial charge on any atom is -0.477 e. The summed E-state index contributed by atoms with van der Waals surface area (Å²) in [6, 6.07) is 7.05.